The zero-order valence-electron chi connectivity index (χ0n) is 15.0. The number of ether oxygens (including phenoxy) is 1. The lowest BCUT2D eigenvalue weighted by Crippen LogP contribution is -1.95. The van der Waals surface area contributed by atoms with Crippen LogP contribution >= 0.6 is 23.2 Å². The van der Waals surface area contributed by atoms with E-state index in [9.17, 15) is 15.4 Å². The van der Waals surface area contributed by atoms with E-state index in [-0.39, 0.29) is 5.69 Å². The standard InChI is InChI=1S/C22H14Cl2N2O3/c23-21-10-3-16(12-22(21)24)14-29-20-8-1-15(2-9-20)11-18(13-25)17-4-6-19(7-5-17)26(27)28/h1-12H,14H2/b18-11-. The summed E-state index contributed by atoms with van der Waals surface area (Å²) in [6.07, 6.45) is 1.71. The van der Waals surface area contributed by atoms with Gasteiger partial charge in [-0.2, -0.15) is 5.26 Å². The van der Waals surface area contributed by atoms with Crippen molar-refractivity contribution in [3.63, 3.8) is 0 Å². The fourth-order valence-electron chi connectivity index (χ4n) is 2.57. The smallest absolute Gasteiger partial charge is 0.269 e. The minimum Gasteiger partial charge on any atom is -0.489 e. The second-order valence-corrected chi connectivity index (χ2v) is 6.89. The summed E-state index contributed by atoms with van der Waals surface area (Å²) in [5, 5.41) is 21.1. The highest BCUT2D eigenvalue weighted by atomic mass is 35.5. The third-order valence-corrected chi connectivity index (χ3v) is 4.83. The number of allylic oxidation sites excluding steroid dienone is 1. The minimum absolute atomic E-state index is 0.0190. The number of benzene rings is 3. The summed E-state index contributed by atoms with van der Waals surface area (Å²) in [5.41, 5.74) is 2.70. The zero-order chi connectivity index (χ0) is 20.8. The van der Waals surface area contributed by atoms with Crippen molar-refractivity contribution in [1.29, 1.82) is 5.26 Å². The number of halogens is 2. The third-order valence-electron chi connectivity index (χ3n) is 4.09. The molecule has 5 nitrogen and oxygen atoms in total. The maximum Gasteiger partial charge on any atom is 0.269 e. The summed E-state index contributed by atoms with van der Waals surface area (Å²) in [6.45, 7) is 0.346. The molecule has 0 heterocycles. The quantitative estimate of drug-likeness (QED) is 0.194. The van der Waals surface area contributed by atoms with Gasteiger partial charge < -0.3 is 4.74 Å². The van der Waals surface area contributed by atoms with Gasteiger partial charge in [0.2, 0.25) is 0 Å². The molecule has 0 saturated heterocycles. The van der Waals surface area contributed by atoms with Crippen molar-refractivity contribution in [2.24, 2.45) is 0 Å². The molecular weight excluding hydrogens is 411 g/mol. The van der Waals surface area contributed by atoms with Gasteiger partial charge in [-0.05, 0) is 59.2 Å². The van der Waals surface area contributed by atoms with Crippen LogP contribution in [0, 0.1) is 21.4 Å². The Bertz CT molecular complexity index is 1100. The molecule has 7 heteroatoms. The van der Waals surface area contributed by atoms with Crippen LogP contribution < -0.4 is 4.74 Å². The van der Waals surface area contributed by atoms with Gasteiger partial charge in [-0.1, -0.05) is 41.4 Å². The second-order valence-electron chi connectivity index (χ2n) is 6.08. The second kappa shape index (κ2) is 9.24. The molecule has 0 aliphatic carbocycles. The van der Waals surface area contributed by atoms with E-state index >= 15 is 0 Å². The lowest BCUT2D eigenvalue weighted by molar-refractivity contribution is -0.384. The Morgan fingerprint density at radius 1 is 1.03 bits per heavy atom. The van der Waals surface area contributed by atoms with E-state index in [1.54, 1.807) is 42.5 Å². The van der Waals surface area contributed by atoms with E-state index in [0.29, 0.717) is 33.5 Å². The molecule has 0 unspecified atom stereocenters. The molecule has 0 aromatic heterocycles. The molecule has 3 aromatic carbocycles. The third kappa shape index (κ3) is 5.35. The first kappa shape index (κ1) is 20.4. The fraction of sp³-hybridized carbons (Fsp3) is 0.0455. The minimum atomic E-state index is -0.476. The van der Waals surface area contributed by atoms with Crippen molar-refractivity contribution in [3.8, 4) is 11.8 Å². The number of hydrogen-bond acceptors (Lipinski definition) is 4. The Balaban J connectivity index is 1.70. The first-order chi connectivity index (χ1) is 14.0. The van der Waals surface area contributed by atoms with Crippen molar-refractivity contribution in [3.05, 3.63) is 104 Å². The molecule has 0 aliphatic heterocycles. The zero-order valence-corrected chi connectivity index (χ0v) is 16.5. The molecule has 0 aliphatic rings. The average molecular weight is 425 g/mol. The molecule has 0 amide bonds. The normalized spacial score (nSPS) is 11.0. The van der Waals surface area contributed by atoms with Crippen LogP contribution in [0.15, 0.2) is 66.7 Å². The van der Waals surface area contributed by atoms with Gasteiger partial charge in [0.05, 0.1) is 26.6 Å². The maximum atomic E-state index is 10.8. The largest absolute Gasteiger partial charge is 0.489 e. The van der Waals surface area contributed by atoms with Crippen LogP contribution in [0.1, 0.15) is 16.7 Å². The highest BCUT2D eigenvalue weighted by Gasteiger charge is 2.07. The van der Waals surface area contributed by atoms with Crippen molar-refractivity contribution in [2.45, 2.75) is 6.61 Å². The van der Waals surface area contributed by atoms with E-state index in [4.69, 9.17) is 27.9 Å². The van der Waals surface area contributed by atoms with Crippen LogP contribution in [0.5, 0.6) is 5.75 Å². The van der Waals surface area contributed by atoms with E-state index in [1.807, 2.05) is 18.2 Å². The Morgan fingerprint density at radius 2 is 1.72 bits per heavy atom. The monoisotopic (exact) mass is 424 g/mol. The molecule has 144 valence electrons. The predicted molar refractivity (Wildman–Crippen MR) is 114 cm³/mol. The number of rotatable bonds is 6. The Kier molecular flexibility index (Phi) is 6.50. The summed E-state index contributed by atoms with van der Waals surface area (Å²) in [4.78, 5) is 10.3. The fourth-order valence-corrected chi connectivity index (χ4v) is 2.89. The van der Waals surface area contributed by atoms with Crippen LogP contribution in [-0.4, -0.2) is 4.92 Å². The molecule has 0 spiro atoms. The number of hydrogen-bond donors (Lipinski definition) is 0. The summed E-state index contributed by atoms with van der Waals surface area (Å²) in [6, 6.07) is 20.6. The van der Waals surface area contributed by atoms with E-state index in [1.165, 1.54) is 12.1 Å². The number of nitro benzene ring substituents is 1. The van der Waals surface area contributed by atoms with Crippen molar-refractivity contribution >= 4 is 40.5 Å². The van der Waals surface area contributed by atoms with Crippen LogP contribution in [0.4, 0.5) is 5.69 Å². The summed E-state index contributed by atoms with van der Waals surface area (Å²) >= 11 is 11.9. The number of non-ortho nitro benzene ring substituents is 1. The van der Waals surface area contributed by atoms with Crippen LogP contribution in [-0.2, 0) is 6.61 Å². The highest BCUT2D eigenvalue weighted by molar-refractivity contribution is 6.42. The molecule has 3 aromatic rings. The molecule has 0 saturated carbocycles. The molecule has 0 fully saturated rings. The Hall–Kier alpha value is -3.33. The van der Waals surface area contributed by atoms with E-state index in [2.05, 4.69) is 6.07 Å². The highest BCUT2D eigenvalue weighted by Crippen LogP contribution is 2.24. The molecular formula is C22H14Cl2N2O3. The number of nitriles is 1. The Labute approximate surface area is 177 Å². The van der Waals surface area contributed by atoms with Gasteiger partial charge in [-0.25, -0.2) is 0 Å². The molecule has 29 heavy (non-hydrogen) atoms. The SMILES string of the molecule is N#C/C(=C/c1ccc(OCc2ccc(Cl)c(Cl)c2)cc1)c1ccc([N+](=O)[O-])cc1. The first-order valence-corrected chi connectivity index (χ1v) is 9.25. The van der Waals surface area contributed by atoms with Crippen LogP contribution in [0.2, 0.25) is 10.0 Å². The van der Waals surface area contributed by atoms with Crippen LogP contribution in [0.25, 0.3) is 11.6 Å². The van der Waals surface area contributed by atoms with E-state index in [0.717, 1.165) is 11.1 Å². The summed E-state index contributed by atoms with van der Waals surface area (Å²) in [7, 11) is 0. The summed E-state index contributed by atoms with van der Waals surface area (Å²) in [5.74, 6) is 0.669. The van der Waals surface area contributed by atoms with Crippen molar-refractivity contribution < 1.29 is 9.66 Å². The van der Waals surface area contributed by atoms with Crippen molar-refractivity contribution in [1.82, 2.24) is 0 Å². The number of nitro groups is 1. The molecule has 0 radical (unpaired) electrons. The van der Waals surface area contributed by atoms with Gasteiger partial charge in [-0.15, -0.1) is 0 Å². The first-order valence-electron chi connectivity index (χ1n) is 8.49. The van der Waals surface area contributed by atoms with Crippen LogP contribution in [0.3, 0.4) is 0 Å². The Morgan fingerprint density at radius 3 is 2.31 bits per heavy atom. The van der Waals surface area contributed by atoms with Gasteiger partial charge in [0, 0.05) is 12.1 Å². The predicted octanol–water partition coefficient (Wildman–Crippen LogP) is 6.54. The van der Waals surface area contributed by atoms with Crippen molar-refractivity contribution in [2.75, 3.05) is 0 Å². The molecule has 0 N–H and O–H groups in total. The lowest BCUT2D eigenvalue weighted by atomic mass is 10.0. The lowest BCUT2D eigenvalue weighted by Gasteiger charge is -2.08. The maximum absolute atomic E-state index is 10.8. The van der Waals surface area contributed by atoms with Gasteiger partial charge in [0.15, 0.2) is 0 Å². The topological polar surface area (TPSA) is 76.2 Å². The summed E-state index contributed by atoms with van der Waals surface area (Å²) < 4.78 is 5.74. The van der Waals surface area contributed by atoms with Gasteiger partial charge in [0.25, 0.3) is 5.69 Å². The van der Waals surface area contributed by atoms with E-state index < -0.39 is 4.92 Å². The van der Waals surface area contributed by atoms with Gasteiger partial charge in [-0.3, -0.25) is 10.1 Å². The molecule has 0 bridgehead atoms. The van der Waals surface area contributed by atoms with Gasteiger partial charge >= 0.3 is 0 Å². The number of nitrogens with zero attached hydrogens (tertiary/aromatic N) is 2. The average Bonchev–Trinajstić information content (AvgIpc) is 2.74. The molecule has 3 rings (SSSR count). The van der Waals surface area contributed by atoms with Gasteiger partial charge in [0.1, 0.15) is 12.4 Å². The molecule has 0 atom stereocenters.